The van der Waals surface area contributed by atoms with Gasteiger partial charge in [-0.3, -0.25) is 15.2 Å². The number of hydrogen-bond acceptors (Lipinski definition) is 7. The third-order valence-corrected chi connectivity index (χ3v) is 6.82. The number of nitrogens with two attached hydrogens (primary N) is 1. The molecule has 1 amide bonds. The fourth-order valence-electron chi connectivity index (χ4n) is 4.74. The molecule has 1 aromatic carbocycles. The van der Waals surface area contributed by atoms with Gasteiger partial charge in [0, 0.05) is 36.5 Å². The molecule has 2 aliphatic heterocycles. The Morgan fingerprint density at radius 3 is 2.34 bits per heavy atom. The summed E-state index contributed by atoms with van der Waals surface area (Å²) < 4.78 is 10.8. The monoisotopic (exact) mass is 441 g/mol. The van der Waals surface area contributed by atoms with Crippen LogP contribution in [0.5, 0.6) is 11.5 Å². The van der Waals surface area contributed by atoms with Gasteiger partial charge >= 0.3 is 0 Å². The molecule has 1 aromatic heterocycles. The van der Waals surface area contributed by atoms with E-state index in [1.807, 2.05) is 23.1 Å². The highest BCUT2D eigenvalue weighted by Gasteiger charge is 2.38. The number of nitrogens with one attached hydrogen (secondary N) is 2. The minimum absolute atomic E-state index is 0.112. The summed E-state index contributed by atoms with van der Waals surface area (Å²) in [5.74, 6) is 1.71. The lowest BCUT2D eigenvalue weighted by Crippen LogP contribution is -2.48. The third kappa shape index (κ3) is 4.34. The van der Waals surface area contributed by atoms with Crippen molar-refractivity contribution in [3.05, 3.63) is 23.9 Å². The SMILES string of the molecule is COc1cc2cc(N)c(C3CCN(C(=O)C4CC(C(C)(C)C)NN4)CC3)nc2cc1OC. The number of benzene rings is 1. The lowest BCUT2D eigenvalue weighted by Gasteiger charge is -2.33. The molecular weight excluding hydrogens is 406 g/mol. The van der Waals surface area contributed by atoms with E-state index >= 15 is 0 Å². The van der Waals surface area contributed by atoms with Crippen molar-refractivity contribution in [1.82, 2.24) is 20.7 Å². The molecule has 8 heteroatoms. The van der Waals surface area contributed by atoms with Crippen molar-refractivity contribution in [2.75, 3.05) is 33.0 Å². The standard InChI is InChI=1S/C24H35N5O3/c1-24(2,3)21-13-18(27-28-21)23(30)29-8-6-14(7-9-29)22-16(25)10-15-11-19(31-4)20(32-5)12-17(15)26-22/h10-12,14,18,21,27-28H,6-9,13,25H2,1-5H3. The van der Waals surface area contributed by atoms with Gasteiger partial charge in [0.05, 0.1) is 31.1 Å². The number of anilines is 1. The van der Waals surface area contributed by atoms with Crippen molar-refractivity contribution in [2.24, 2.45) is 5.41 Å². The van der Waals surface area contributed by atoms with Crippen LogP contribution in [-0.2, 0) is 4.79 Å². The van der Waals surface area contributed by atoms with E-state index in [2.05, 4.69) is 31.6 Å². The number of fused-ring (bicyclic) bond motifs is 1. The summed E-state index contributed by atoms with van der Waals surface area (Å²) in [7, 11) is 3.23. The van der Waals surface area contributed by atoms with E-state index in [1.54, 1.807) is 14.2 Å². The van der Waals surface area contributed by atoms with Crippen LogP contribution < -0.4 is 26.1 Å². The smallest absolute Gasteiger partial charge is 0.241 e. The summed E-state index contributed by atoms with van der Waals surface area (Å²) in [6, 6.07) is 5.86. The Labute approximate surface area is 189 Å². The van der Waals surface area contributed by atoms with Crippen LogP contribution in [0.3, 0.4) is 0 Å². The van der Waals surface area contributed by atoms with Crippen LogP contribution >= 0.6 is 0 Å². The maximum Gasteiger partial charge on any atom is 0.241 e. The predicted octanol–water partition coefficient (Wildman–Crippen LogP) is 2.82. The van der Waals surface area contributed by atoms with Gasteiger partial charge < -0.3 is 20.1 Å². The first-order chi connectivity index (χ1) is 15.2. The number of piperidine rings is 1. The quantitative estimate of drug-likeness (QED) is 0.671. The van der Waals surface area contributed by atoms with Crippen LogP contribution in [-0.4, -0.2) is 55.2 Å². The van der Waals surface area contributed by atoms with E-state index in [9.17, 15) is 4.79 Å². The van der Waals surface area contributed by atoms with Gasteiger partial charge in [-0.25, -0.2) is 5.43 Å². The average molecular weight is 442 g/mol. The molecule has 174 valence electrons. The molecule has 2 unspecified atom stereocenters. The lowest BCUT2D eigenvalue weighted by atomic mass is 9.84. The summed E-state index contributed by atoms with van der Waals surface area (Å²) >= 11 is 0. The number of aromatic nitrogens is 1. The van der Waals surface area contributed by atoms with Crippen LogP contribution in [0.15, 0.2) is 18.2 Å². The number of ether oxygens (including phenoxy) is 2. The number of pyridine rings is 1. The summed E-state index contributed by atoms with van der Waals surface area (Å²) in [6.07, 6.45) is 2.52. The van der Waals surface area contributed by atoms with Crippen LogP contribution in [0.1, 0.15) is 51.6 Å². The molecular formula is C24H35N5O3. The molecule has 2 fully saturated rings. The fraction of sp³-hybridized carbons (Fsp3) is 0.583. The van der Waals surface area contributed by atoms with Crippen molar-refractivity contribution >= 4 is 22.5 Å². The van der Waals surface area contributed by atoms with E-state index < -0.39 is 0 Å². The maximum atomic E-state index is 13.0. The molecule has 0 bridgehead atoms. The van der Waals surface area contributed by atoms with Gasteiger partial charge in [-0.1, -0.05) is 20.8 Å². The van der Waals surface area contributed by atoms with Crippen molar-refractivity contribution in [3.63, 3.8) is 0 Å². The highest BCUT2D eigenvalue weighted by molar-refractivity contribution is 5.86. The normalized spacial score (nSPS) is 22.3. The Morgan fingerprint density at radius 1 is 1.09 bits per heavy atom. The maximum absolute atomic E-state index is 13.0. The Bertz CT molecular complexity index is 995. The highest BCUT2D eigenvalue weighted by Crippen LogP contribution is 2.36. The van der Waals surface area contributed by atoms with E-state index in [-0.39, 0.29) is 29.3 Å². The molecule has 0 radical (unpaired) electrons. The second-order valence-corrected chi connectivity index (χ2v) is 9.96. The number of nitrogen functional groups attached to an aromatic ring is 1. The number of amides is 1. The average Bonchev–Trinajstić information content (AvgIpc) is 3.28. The van der Waals surface area contributed by atoms with Crippen molar-refractivity contribution < 1.29 is 14.3 Å². The number of hydrogen-bond donors (Lipinski definition) is 3. The number of rotatable bonds is 4. The van der Waals surface area contributed by atoms with Gasteiger partial charge in [0.1, 0.15) is 6.04 Å². The minimum Gasteiger partial charge on any atom is -0.493 e. The van der Waals surface area contributed by atoms with Gasteiger partial charge in [0.15, 0.2) is 11.5 Å². The summed E-state index contributed by atoms with van der Waals surface area (Å²) in [5, 5.41) is 0.921. The van der Waals surface area contributed by atoms with Crippen LogP contribution in [0, 0.1) is 5.41 Å². The zero-order chi connectivity index (χ0) is 23.0. The molecule has 3 heterocycles. The molecule has 2 atom stereocenters. The third-order valence-electron chi connectivity index (χ3n) is 6.82. The van der Waals surface area contributed by atoms with E-state index in [0.717, 1.165) is 35.9 Å². The van der Waals surface area contributed by atoms with Gasteiger partial charge in [-0.2, -0.15) is 0 Å². The molecule has 2 aliphatic rings. The van der Waals surface area contributed by atoms with Crippen LogP contribution in [0.2, 0.25) is 0 Å². The van der Waals surface area contributed by atoms with E-state index in [0.29, 0.717) is 30.3 Å². The number of methoxy groups -OCH3 is 2. The van der Waals surface area contributed by atoms with Gasteiger partial charge in [-0.15, -0.1) is 0 Å². The zero-order valence-electron chi connectivity index (χ0n) is 19.7. The number of nitrogens with zero attached hydrogens (tertiary/aromatic N) is 2. The highest BCUT2D eigenvalue weighted by atomic mass is 16.5. The second-order valence-electron chi connectivity index (χ2n) is 9.96. The molecule has 4 rings (SSSR count). The molecule has 32 heavy (non-hydrogen) atoms. The van der Waals surface area contributed by atoms with Gasteiger partial charge in [0.25, 0.3) is 0 Å². The molecule has 8 nitrogen and oxygen atoms in total. The topological polar surface area (TPSA) is 102 Å². The van der Waals surface area contributed by atoms with E-state index in [1.165, 1.54) is 0 Å². The van der Waals surface area contributed by atoms with Crippen molar-refractivity contribution in [3.8, 4) is 11.5 Å². The second kappa shape index (κ2) is 8.75. The molecule has 0 saturated carbocycles. The molecule has 4 N–H and O–H groups in total. The Balaban J connectivity index is 1.45. The van der Waals surface area contributed by atoms with Crippen molar-refractivity contribution in [2.45, 2.75) is 58.0 Å². The number of likely N-dealkylation sites (tertiary alicyclic amines) is 1. The summed E-state index contributed by atoms with van der Waals surface area (Å²) in [5.41, 5.74) is 15.4. The first-order valence-corrected chi connectivity index (χ1v) is 11.3. The molecule has 2 saturated heterocycles. The summed E-state index contributed by atoms with van der Waals surface area (Å²) in [6.45, 7) is 8.01. The van der Waals surface area contributed by atoms with E-state index in [4.69, 9.17) is 20.2 Å². The van der Waals surface area contributed by atoms with Crippen molar-refractivity contribution in [1.29, 1.82) is 0 Å². The fourth-order valence-corrected chi connectivity index (χ4v) is 4.74. The van der Waals surface area contributed by atoms with Gasteiger partial charge in [0.2, 0.25) is 5.91 Å². The summed E-state index contributed by atoms with van der Waals surface area (Å²) in [4.78, 5) is 19.9. The Morgan fingerprint density at radius 2 is 1.75 bits per heavy atom. The Hall–Kier alpha value is -2.58. The first kappa shape index (κ1) is 22.6. The van der Waals surface area contributed by atoms with Crippen LogP contribution in [0.25, 0.3) is 10.9 Å². The predicted molar refractivity (Wildman–Crippen MR) is 126 cm³/mol. The number of hydrazine groups is 1. The molecule has 2 aromatic rings. The van der Waals surface area contributed by atoms with Gasteiger partial charge in [-0.05, 0) is 36.8 Å². The zero-order valence-corrected chi connectivity index (χ0v) is 19.7. The molecule has 0 spiro atoms. The van der Waals surface area contributed by atoms with Crippen LogP contribution in [0.4, 0.5) is 5.69 Å². The number of carbonyl (C=O) groups excluding carboxylic acids is 1. The number of carbonyl (C=O) groups is 1. The first-order valence-electron chi connectivity index (χ1n) is 11.3. The minimum atomic E-state index is -0.165. The largest absolute Gasteiger partial charge is 0.493 e. The lowest BCUT2D eigenvalue weighted by molar-refractivity contribution is -0.134. The molecule has 0 aliphatic carbocycles. The Kier molecular flexibility index (Phi) is 6.18.